The summed E-state index contributed by atoms with van der Waals surface area (Å²) in [5.41, 5.74) is 0.865. The van der Waals surface area contributed by atoms with Crippen molar-refractivity contribution in [3.63, 3.8) is 0 Å². The van der Waals surface area contributed by atoms with Crippen LogP contribution in [-0.2, 0) is 11.3 Å². The molecule has 0 radical (unpaired) electrons. The van der Waals surface area contributed by atoms with E-state index in [9.17, 15) is 14.0 Å². The molecule has 0 spiro atoms. The maximum Gasteiger partial charge on any atom is 0.340 e. The van der Waals surface area contributed by atoms with Crippen LogP contribution in [0.15, 0.2) is 35.7 Å². The number of rotatable bonds is 6. The number of halogens is 1. The summed E-state index contributed by atoms with van der Waals surface area (Å²) >= 11 is 2.43. The quantitative estimate of drug-likeness (QED) is 0.619. The Morgan fingerprint density at radius 3 is 2.67 bits per heavy atom. The zero-order chi connectivity index (χ0) is 19.4. The van der Waals surface area contributed by atoms with E-state index < -0.39 is 5.97 Å². The Morgan fingerprint density at radius 1 is 1.22 bits per heavy atom. The molecule has 2 heterocycles. The lowest BCUT2D eigenvalue weighted by Gasteiger charge is -2.04. The van der Waals surface area contributed by atoms with Gasteiger partial charge in [-0.2, -0.15) is 0 Å². The van der Waals surface area contributed by atoms with Gasteiger partial charge in [-0.15, -0.1) is 22.7 Å². The Labute approximate surface area is 162 Å². The number of anilines is 1. The molecule has 0 fully saturated rings. The second kappa shape index (κ2) is 8.28. The van der Waals surface area contributed by atoms with E-state index in [-0.39, 0.29) is 18.3 Å². The van der Waals surface area contributed by atoms with Crippen molar-refractivity contribution in [3.8, 4) is 5.75 Å². The summed E-state index contributed by atoms with van der Waals surface area (Å²) in [4.78, 5) is 29.0. The zero-order valence-corrected chi connectivity index (χ0v) is 16.1. The summed E-state index contributed by atoms with van der Waals surface area (Å²) in [7, 11) is 1.28. The second-order valence-corrected chi connectivity index (χ2v) is 7.37. The molecular formula is C18H15FN2O4S2. The van der Waals surface area contributed by atoms with Crippen molar-refractivity contribution in [1.29, 1.82) is 0 Å². The van der Waals surface area contributed by atoms with Gasteiger partial charge in [0.1, 0.15) is 33.1 Å². The highest BCUT2D eigenvalue weighted by Gasteiger charge is 2.20. The molecule has 9 heteroatoms. The molecule has 0 bridgehead atoms. The van der Waals surface area contributed by atoms with Gasteiger partial charge in [0, 0.05) is 0 Å². The van der Waals surface area contributed by atoms with Gasteiger partial charge in [-0.1, -0.05) is 0 Å². The summed E-state index contributed by atoms with van der Waals surface area (Å²) in [5.74, 6) is -0.700. The normalized spacial score (nSPS) is 10.5. The summed E-state index contributed by atoms with van der Waals surface area (Å²) in [6.07, 6.45) is 0. The fourth-order valence-electron chi connectivity index (χ4n) is 2.24. The van der Waals surface area contributed by atoms with E-state index in [0.29, 0.717) is 31.9 Å². The maximum atomic E-state index is 12.9. The van der Waals surface area contributed by atoms with Crippen molar-refractivity contribution in [1.82, 2.24) is 4.98 Å². The smallest absolute Gasteiger partial charge is 0.340 e. The number of esters is 1. The molecule has 0 saturated carbocycles. The van der Waals surface area contributed by atoms with Gasteiger partial charge in [-0.25, -0.2) is 14.2 Å². The third-order valence-electron chi connectivity index (χ3n) is 3.52. The minimum atomic E-state index is -0.513. The van der Waals surface area contributed by atoms with Gasteiger partial charge < -0.3 is 14.8 Å². The molecule has 0 aliphatic heterocycles. The van der Waals surface area contributed by atoms with Crippen LogP contribution in [0.5, 0.6) is 5.75 Å². The number of thiazole rings is 1. The molecule has 140 valence electrons. The summed E-state index contributed by atoms with van der Waals surface area (Å²) in [6.45, 7) is 1.89. The Hall–Kier alpha value is -2.78. The van der Waals surface area contributed by atoms with Crippen LogP contribution < -0.4 is 10.1 Å². The number of nitrogens with zero attached hydrogens (tertiary/aromatic N) is 1. The highest BCUT2D eigenvalue weighted by atomic mass is 32.1. The fraction of sp³-hybridized carbons (Fsp3) is 0.167. The molecule has 3 aromatic rings. The van der Waals surface area contributed by atoms with E-state index in [1.54, 1.807) is 18.4 Å². The lowest BCUT2D eigenvalue weighted by molar-refractivity contribution is 0.0602. The first kappa shape index (κ1) is 19.0. The SMILES string of the molecule is COC(=O)c1ccsc1NC(=O)c1sc(COc2ccc(F)cc2)nc1C. The van der Waals surface area contributed by atoms with Gasteiger partial charge in [0.2, 0.25) is 0 Å². The molecule has 0 aliphatic carbocycles. The molecule has 0 aliphatic rings. The van der Waals surface area contributed by atoms with Crippen LogP contribution in [0.25, 0.3) is 0 Å². The minimum absolute atomic E-state index is 0.164. The minimum Gasteiger partial charge on any atom is -0.486 e. The molecule has 0 unspecified atom stereocenters. The number of thiophene rings is 1. The summed E-state index contributed by atoms with van der Waals surface area (Å²) < 4.78 is 23.2. The predicted molar refractivity (Wildman–Crippen MR) is 101 cm³/mol. The van der Waals surface area contributed by atoms with Crippen LogP contribution in [0.2, 0.25) is 0 Å². The lowest BCUT2D eigenvalue weighted by atomic mass is 10.3. The van der Waals surface area contributed by atoms with Crippen molar-refractivity contribution in [2.45, 2.75) is 13.5 Å². The van der Waals surface area contributed by atoms with E-state index in [1.807, 2.05) is 0 Å². The number of ether oxygens (including phenoxy) is 2. The standard InChI is InChI=1S/C18H15FN2O4S2/c1-10-15(16(22)21-17-13(7-8-26-17)18(23)24-2)27-14(20-10)9-25-12-5-3-11(19)4-6-12/h3-8H,9H2,1-2H3,(H,21,22). The van der Waals surface area contributed by atoms with Gasteiger partial charge in [-0.05, 0) is 42.6 Å². The zero-order valence-electron chi connectivity index (χ0n) is 14.4. The predicted octanol–water partition coefficient (Wildman–Crippen LogP) is 4.27. The Bertz CT molecular complexity index is 966. The number of hydrogen-bond acceptors (Lipinski definition) is 7. The monoisotopic (exact) mass is 406 g/mol. The number of nitrogens with one attached hydrogen (secondary N) is 1. The van der Waals surface area contributed by atoms with Crippen molar-refractivity contribution in [3.05, 3.63) is 62.7 Å². The van der Waals surface area contributed by atoms with Crippen LogP contribution in [0.1, 0.15) is 30.7 Å². The van der Waals surface area contributed by atoms with Crippen molar-refractivity contribution in [2.75, 3.05) is 12.4 Å². The summed E-state index contributed by atoms with van der Waals surface area (Å²) in [6, 6.07) is 7.25. The summed E-state index contributed by atoms with van der Waals surface area (Å²) in [5, 5.41) is 5.45. The number of amides is 1. The topological polar surface area (TPSA) is 77.5 Å². The number of aryl methyl sites for hydroxylation is 1. The molecule has 27 heavy (non-hydrogen) atoms. The second-order valence-electron chi connectivity index (χ2n) is 5.37. The first-order valence-corrected chi connectivity index (χ1v) is 9.49. The third-order valence-corrected chi connectivity index (χ3v) is 5.48. The third kappa shape index (κ3) is 4.50. The molecular weight excluding hydrogens is 391 g/mol. The molecule has 6 nitrogen and oxygen atoms in total. The molecule has 1 N–H and O–H groups in total. The van der Waals surface area contributed by atoms with E-state index in [0.717, 1.165) is 0 Å². The molecule has 1 aromatic carbocycles. The number of benzene rings is 1. The van der Waals surface area contributed by atoms with Crippen LogP contribution >= 0.6 is 22.7 Å². The van der Waals surface area contributed by atoms with E-state index >= 15 is 0 Å². The fourth-order valence-corrected chi connectivity index (χ4v) is 3.88. The van der Waals surface area contributed by atoms with Gasteiger partial charge in [0.15, 0.2) is 0 Å². The van der Waals surface area contributed by atoms with Crippen molar-refractivity contribution >= 4 is 39.6 Å². The molecule has 2 aromatic heterocycles. The van der Waals surface area contributed by atoms with Gasteiger partial charge in [0.05, 0.1) is 18.4 Å². The number of carbonyl (C=O) groups excluding carboxylic acids is 2. The van der Waals surface area contributed by atoms with E-state index in [4.69, 9.17) is 9.47 Å². The maximum absolute atomic E-state index is 12.9. The Morgan fingerprint density at radius 2 is 1.96 bits per heavy atom. The highest BCUT2D eigenvalue weighted by molar-refractivity contribution is 7.15. The van der Waals surface area contributed by atoms with E-state index in [1.165, 1.54) is 54.0 Å². The molecule has 0 saturated heterocycles. The number of methoxy groups -OCH3 is 1. The van der Waals surface area contributed by atoms with Gasteiger partial charge in [-0.3, -0.25) is 4.79 Å². The van der Waals surface area contributed by atoms with Gasteiger partial charge >= 0.3 is 5.97 Å². The van der Waals surface area contributed by atoms with Crippen LogP contribution in [0.4, 0.5) is 9.39 Å². The molecule has 1 amide bonds. The molecule has 3 rings (SSSR count). The number of aromatic nitrogens is 1. The largest absolute Gasteiger partial charge is 0.486 e. The Kier molecular flexibility index (Phi) is 5.82. The van der Waals surface area contributed by atoms with Gasteiger partial charge in [0.25, 0.3) is 5.91 Å². The average molecular weight is 406 g/mol. The van der Waals surface area contributed by atoms with Crippen LogP contribution in [-0.4, -0.2) is 24.0 Å². The van der Waals surface area contributed by atoms with Crippen molar-refractivity contribution < 1.29 is 23.5 Å². The van der Waals surface area contributed by atoms with Crippen LogP contribution in [0, 0.1) is 12.7 Å². The molecule has 0 atom stereocenters. The van der Waals surface area contributed by atoms with Crippen molar-refractivity contribution in [2.24, 2.45) is 0 Å². The van der Waals surface area contributed by atoms with E-state index in [2.05, 4.69) is 10.3 Å². The average Bonchev–Trinajstić information content (AvgIpc) is 3.27. The highest BCUT2D eigenvalue weighted by Crippen LogP contribution is 2.27. The number of hydrogen-bond donors (Lipinski definition) is 1. The first-order chi connectivity index (χ1) is 13.0. The lowest BCUT2D eigenvalue weighted by Crippen LogP contribution is -2.13. The first-order valence-electron chi connectivity index (χ1n) is 7.79. The van der Waals surface area contributed by atoms with Crippen LogP contribution in [0.3, 0.4) is 0 Å². The number of carbonyl (C=O) groups is 2. The Balaban J connectivity index is 1.68.